The van der Waals surface area contributed by atoms with E-state index in [1.165, 1.54) is 12.5 Å². The van der Waals surface area contributed by atoms with E-state index in [4.69, 9.17) is 5.11 Å². The molecule has 100 valence electrons. The quantitative estimate of drug-likeness (QED) is 0.848. The highest BCUT2D eigenvalue weighted by Crippen LogP contribution is 2.14. The van der Waals surface area contributed by atoms with Crippen molar-refractivity contribution in [3.8, 4) is 0 Å². The molecule has 1 aromatic rings. The average Bonchev–Trinajstić information content (AvgIpc) is 2.46. The molecule has 1 fully saturated rings. The van der Waals surface area contributed by atoms with Crippen LogP contribution in [0.15, 0.2) is 30.3 Å². The van der Waals surface area contributed by atoms with Crippen molar-refractivity contribution in [1.82, 2.24) is 4.90 Å². The number of likely N-dealkylation sites (tertiary alicyclic amines) is 1. The van der Waals surface area contributed by atoms with Crippen LogP contribution in [-0.2, 0) is 4.79 Å². The number of nitrogens with zero attached hydrogens (tertiary/aromatic N) is 1. The van der Waals surface area contributed by atoms with E-state index >= 15 is 0 Å². The maximum absolute atomic E-state index is 12.2. The SMILES string of the molecule is O=C(O)C=Cc1ccc(C(=O)N2CCCCC2)cc1. The summed E-state index contributed by atoms with van der Waals surface area (Å²) in [6.45, 7) is 1.67. The first-order valence-corrected chi connectivity index (χ1v) is 6.47. The molecule has 1 heterocycles. The number of benzene rings is 1. The van der Waals surface area contributed by atoms with Gasteiger partial charge < -0.3 is 10.0 Å². The third-order valence-corrected chi connectivity index (χ3v) is 3.22. The molecule has 0 spiro atoms. The van der Waals surface area contributed by atoms with Crippen LogP contribution < -0.4 is 0 Å². The summed E-state index contributed by atoms with van der Waals surface area (Å²) >= 11 is 0. The van der Waals surface area contributed by atoms with Crippen LogP contribution in [0.3, 0.4) is 0 Å². The summed E-state index contributed by atoms with van der Waals surface area (Å²) in [6.07, 6.45) is 5.94. The number of hydrogen-bond donors (Lipinski definition) is 1. The van der Waals surface area contributed by atoms with Gasteiger partial charge in [-0.1, -0.05) is 12.1 Å². The fourth-order valence-electron chi connectivity index (χ4n) is 2.18. The van der Waals surface area contributed by atoms with Crippen LogP contribution in [0.1, 0.15) is 35.2 Å². The lowest BCUT2D eigenvalue weighted by Crippen LogP contribution is -2.35. The molecular formula is C15H17NO3. The zero-order chi connectivity index (χ0) is 13.7. The van der Waals surface area contributed by atoms with Gasteiger partial charge in [-0.25, -0.2) is 4.79 Å². The fourth-order valence-corrected chi connectivity index (χ4v) is 2.18. The Morgan fingerprint density at radius 1 is 1.05 bits per heavy atom. The van der Waals surface area contributed by atoms with Gasteiger partial charge in [-0.15, -0.1) is 0 Å². The number of carbonyl (C=O) groups is 2. The molecule has 0 aromatic heterocycles. The zero-order valence-electron chi connectivity index (χ0n) is 10.7. The lowest BCUT2D eigenvalue weighted by molar-refractivity contribution is -0.131. The highest BCUT2D eigenvalue weighted by Gasteiger charge is 2.17. The first-order chi connectivity index (χ1) is 9.16. The summed E-state index contributed by atoms with van der Waals surface area (Å²) in [4.78, 5) is 24.5. The summed E-state index contributed by atoms with van der Waals surface area (Å²) < 4.78 is 0. The highest BCUT2D eigenvalue weighted by atomic mass is 16.4. The Bertz CT molecular complexity index is 485. The second-order valence-corrected chi connectivity index (χ2v) is 4.65. The largest absolute Gasteiger partial charge is 0.478 e. The molecule has 0 atom stereocenters. The van der Waals surface area contributed by atoms with E-state index in [1.807, 2.05) is 4.90 Å². The first kappa shape index (κ1) is 13.3. The third-order valence-electron chi connectivity index (χ3n) is 3.22. The minimum absolute atomic E-state index is 0.0634. The third kappa shape index (κ3) is 3.68. The monoisotopic (exact) mass is 259 g/mol. The molecule has 0 aliphatic carbocycles. The van der Waals surface area contributed by atoms with Crippen LogP contribution in [0.2, 0.25) is 0 Å². The second-order valence-electron chi connectivity index (χ2n) is 4.65. The van der Waals surface area contributed by atoms with Crippen LogP contribution in [0.4, 0.5) is 0 Å². The number of piperidine rings is 1. The molecular weight excluding hydrogens is 242 g/mol. The summed E-state index contributed by atoms with van der Waals surface area (Å²) in [5.41, 5.74) is 1.44. The molecule has 1 aliphatic heterocycles. The molecule has 4 heteroatoms. The van der Waals surface area contributed by atoms with Crippen LogP contribution in [0.5, 0.6) is 0 Å². The van der Waals surface area contributed by atoms with Crippen molar-refractivity contribution in [1.29, 1.82) is 0 Å². The van der Waals surface area contributed by atoms with E-state index in [9.17, 15) is 9.59 Å². The average molecular weight is 259 g/mol. The Morgan fingerprint density at radius 2 is 1.68 bits per heavy atom. The number of carboxylic acid groups (broad SMARTS) is 1. The molecule has 4 nitrogen and oxygen atoms in total. The zero-order valence-corrected chi connectivity index (χ0v) is 10.7. The molecule has 0 unspecified atom stereocenters. The van der Waals surface area contributed by atoms with Crippen LogP contribution in [0, 0.1) is 0 Å². The van der Waals surface area contributed by atoms with E-state index in [2.05, 4.69) is 0 Å². The molecule has 2 rings (SSSR count). The van der Waals surface area contributed by atoms with Crippen molar-refractivity contribution in [2.45, 2.75) is 19.3 Å². The topological polar surface area (TPSA) is 57.6 Å². The minimum atomic E-state index is -0.978. The van der Waals surface area contributed by atoms with Crippen molar-refractivity contribution < 1.29 is 14.7 Å². The number of rotatable bonds is 3. The number of carboxylic acids is 1. The van der Waals surface area contributed by atoms with Crippen molar-refractivity contribution in [3.05, 3.63) is 41.5 Å². The smallest absolute Gasteiger partial charge is 0.328 e. The number of aliphatic carboxylic acids is 1. The Morgan fingerprint density at radius 3 is 2.26 bits per heavy atom. The molecule has 0 saturated carbocycles. The summed E-state index contributed by atoms with van der Waals surface area (Å²) in [5, 5.41) is 8.54. The van der Waals surface area contributed by atoms with E-state index in [0.29, 0.717) is 5.56 Å². The Hall–Kier alpha value is -2.10. The molecule has 1 N–H and O–H groups in total. The van der Waals surface area contributed by atoms with Gasteiger partial charge in [-0.3, -0.25) is 4.79 Å². The number of carbonyl (C=O) groups excluding carboxylic acids is 1. The van der Waals surface area contributed by atoms with Crippen LogP contribution in [-0.4, -0.2) is 35.0 Å². The Kier molecular flexibility index (Phi) is 4.34. The minimum Gasteiger partial charge on any atom is -0.478 e. The Labute approximate surface area is 112 Å². The van der Waals surface area contributed by atoms with E-state index in [-0.39, 0.29) is 5.91 Å². The molecule has 19 heavy (non-hydrogen) atoms. The van der Waals surface area contributed by atoms with Gasteiger partial charge in [0.05, 0.1) is 0 Å². The van der Waals surface area contributed by atoms with E-state index in [0.717, 1.165) is 37.6 Å². The van der Waals surface area contributed by atoms with Gasteiger partial charge in [0.25, 0.3) is 5.91 Å². The van der Waals surface area contributed by atoms with Crippen molar-refractivity contribution >= 4 is 18.0 Å². The summed E-state index contributed by atoms with van der Waals surface area (Å²) in [6, 6.07) is 7.02. The van der Waals surface area contributed by atoms with E-state index in [1.54, 1.807) is 24.3 Å². The lowest BCUT2D eigenvalue weighted by Gasteiger charge is -2.26. The number of hydrogen-bond acceptors (Lipinski definition) is 2. The lowest BCUT2D eigenvalue weighted by atomic mass is 10.1. The second kappa shape index (κ2) is 6.18. The summed E-state index contributed by atoms with van der Waals surface area (Å²) in [7, 11) is 0. The van der Waals surface area contributed by atoms with Gasteiger partial charge in [0.2, 0.25) is 0 Å². The standard InChI is InChI=1S/C15H17NO3/c17-14(18)9-6-12-4-7-13(8-5-12)15(19)16-10-2-1-3-11-16/h4-9H,1-3,10-11H2,(H,17,18). The molecule has 1 saturated heterocycles. The van der Waals surface area contributed by atoms with Gasteiger partial charge >= 0.3 is 5.97 Å². The molecule has 1 aromatic carbocycles. The van der Waals surface area contributed by atoms with Gasteiger partial charge in [0.1, 0.15) is 0 Å². The number of amides is 1. The van der Waals surface area contributed by atoms with Gasteiger partial charge in [0.15, 0.2) is 0 Å². The predicted molar refractivity (Wildman–Crippen MR) is 72.9 cm³/mol. The molecule has 1 amide bonds. The van der Waals surface area contributed by atoms with Gasteiger partial charge in [-0.2, -0.15) is 0 Å². The summed E-state index contributed by atoms with van der Waals surface area (Å²) in [5.74, 6) is -0.915. The normalized spacial score (nSPS) is 15.7. The van der Waals surface area contributed by atoms with Crippen LogP contribution in [0.25, 0.3) is 6.08 Å². The Balaban J connectivity index is 2.05. The van der Waals surface area contributed by atoms with E-state index < -0.39 is 5.97 Å². The molecule has 1 aliphatic rings. The first-order valence-electron chi connectivity index (χ1n) is 6.47. The maximum atomic E-state index is 12.2. The van der Waals surface area contributed by atoms with Crippen molar-refractivity contribution in [2.75, 3.05) is 13.1 Å². The molecule has 0 bridgehead atoms. The van der Waals surface area contributed by atoms with Crippen molar-refractivity contribution in [3.63, 3.8) is 0 Å². The van der Waals surface area contributed by atoms with Crippen LogP contribution >= 0.6 is 0 Å². The molecule has 0 radical (unpaired) electrons. The maximum Gasteiger partial charge on any atom is 0.328 e. The van der Waals surface area contributed by atoms with Gasteiger partial charge in [0, 0.05) is 24.7 Å². The van der Waals surface area contributed by atoms with Crippen molar-refractivity contribution in [2.24, 2.45) is 0 Å². The van der Waals surface area contributed by atoms with Gasteiger partial charge in [-0.05, 0) is 43.0 Å². The predicted octanol–water partition coefficient (Wildman–Crippen LogP) is 2.41. The fraction of sp³-hybridized carbons (Fsp3) is 0.333. The highest BCUT2D eigenvalue weighted by molar-refractivity contribution is 5.94.